The largest absolute Gasteiger partial charge is 0.491 e. The first-order chi connectivity index (χ1) is 7.37. The van der Waals surface area contributed by atoms with Crippen LogP contribution >= 0.6 is 15.9 Å². The topological polar surface area (TPSA) is 44.5 Å². The summed E-state index contributed by atoms with van der Waals surface area (Å²) in [6.45, 7) is 7.14. The maximum absolute atomic E-state index is 5.69. The molecule has 1 aromatic rings. The van der Waals surface area contributed by atoms with Gasteiger partial charge in [0.25, 0.3) is 0 Å². The van der Waals surface area contributed by atoms with Gasteiger partial charge in [-0.2, -0.15) is 0 Å². The van der Waals surface area contributed by atoms with Crippen molar-refractivity contribution in [1.29, 1.82) is 0 Å². The van der Waals surface area contributed by atoms with E-state index in [2.05, 4.69) is 15.9 Å². The normalized spacial score (nSPS) is 11.5. The number of rotatable bonds is 4. The molecule has 16 heavy (non-hydrogen) atoms. The van der Waals surface area contributed by atoms with Gasteiger partial charge in [0.2, 0.25) is 0 Å². The lowest BCUT2D eigenvalue weighted by Crippen LogP contribution is -2.22. The van der Waals surface area contributed by atoms with Gasteiger partial charge in [-0.05, 0) is 32.9 Å². The highest BCUT2D eigenvalue weighted by Crippen LogP contribution is 2.22. The number of hydrogen-bond donors (Lipinski definition) is 1. The molecule has 0 bridgehead atoms. The Morgan fingerprint density at radius 2 is 1.88 bits per heavy atom. The number of hydrogen-bond acceptors (Lipinski definition) is 3. The molecule has 0 heterocycles. The molecule has 2 N–H and O–H groups in total. The summed E-state index contributed by atoms with van der Waals surface area (Å²) in [5.41, 5.74) is 6.25. The second kappa shape index (κ2) is 5.55. The van der Waals surface area contributed by atoms with Gasteiger partial charge in [-0.1, -0.05) is 15.9 Å². The third kappa shape index (κ3) is 5.37. The molecule has 90 valence electrons. The first kappa shape index (κ1) is 13.3. The van der Waals surface area contributed by atoms with Crippen LogP contribution in [0, 0.1) is 0 Å². The Hall–Kier alpha value is -0.740. The molecule has 1 rings (SSSR count). The Kier molecular flexibility index (Phi) is 4.62. The lowest BCUT2D eigenvalue weighted by Gasteiger charge is -2.19. The zero-order chi connectivity index (χ0) is 12.2. The lowest BCUT2D eigenvalue weighted by atomic mass is 10.2. The standard InChI is InChI=1S/C12H18BrNO2/c1-12(2,3)16-5-4-15-11-7-9(13)6-10(14)8-11/h6-8H,4-5,14H2,1-3H3. The zero-order valence-corrected chi connectivity index (χ0v) is 11.5. The first-order valence-corrected chi connectivity index (χ1v) is 5.99. The van der Waals surface area contributed by atoms with Gasteiger partial charge in [-0.3, -0.25) is 0 Å². The average Bonchev–Trinajstić information content (AvgIpc) is 2.09. The van der Waals surface area contributed by atoms with E-state index in [0.29, 0.717) is 18.9 Å². The van der Waals surface area contributed by atoms with E-state index >= 15 is 0 Å². The minimum Gasteiger partial charge on any atom is -0.491 e. The molecule has 3 nitrogen and oxygen atoms in total. The molecule has 0 fully saturated rings. The second-order valence-electron chi connectivity index (χ2n) is 4.53. The first-order valence-electron chi connectivity index (χ1n) is 5.20. The Balaban J connectivity index is 2.37. The highest BCUT2D eigenvalue weighted by Gasteiger charge is 2.09. The number of anilines is 1. The van der Waals surface area contributed by atoms with Gasteiger partial charge in [-0.15, -0.1) is 0 Å². The van der Waals surface area contributed by atoms with Crippen LogP contribution in [-0.4, -0.2) is 18.8 Å². The highest BCUT2D eigenvalue weighted by molar-refractivity contribution is 9.10. The van der Waals surface area contributed by atoms with Crippen LogP contribution in [0.3, 0.4) is 0 Å². The quantitative estimate of drug-likeness (QED) is 0.683. The SMILES string of the molecule is CC(C)(C)OCCOc1cc(N)cc(Br)c1. The van der Waals surface area contributed by atoms with Crippen molar-refractivity contribution in [1.82, 2.24) is 0 Å². The maximum Gasteiger partial charge on any atom is 0.122 e. The Bertz CT molecular complexity index is 327. The van der Waals surface area contributed by atoms with Gasteiger partial charge < -0.3 is 15.2 Å². The molecule has 0 aliphatic rings. The zero-order valence-electron chi connectivity index (χ0n) is 9.92. The van der Waals surface area contributed by atoms with Gasteiger partial charge in [0.1, 0.15) is 12.4 Å². The fraction of sp³-hybridized carbons (Fsp3) is 0.500. The van der Waals surface area contributed by atoms with Crippen molar-refractivity contribution in [3.05, 3.63) is 22.7 Å². The summed E-state index contributed by atoms with van der Waals surface area (Å²) >= 11 is 3.36. The Morgan fingerprint density at radius 1 is 1.19 bits per heavy atom. The van der Waals surface area contributed by atoms with E-state index in [1.54, 1.807) is 6.07 Å². The predicted octanol–water partition coefficient (Wildman–Crippen LogP) is 3.23. The van der Waals surface area contributed by atoms with Crippen molar-refractivity contribution in [3.63, 3.8) is 0 Å². The summed E-state index contributed by atoms with van der Waals surface area (Å²) < 4.78 is 12.0. The van der Waals surface area contributed by atoms with Crippen LogP contribution < -0.4 is 10.5 Å². The maximum atomic E-state index is 5.69. The fourth-order valence-corrected chi connectivity index (χ4v) is 1.67. The summed E-state index contributed by atoms with van der Waals surface area (Å²) in [7, 11) is 0. The van der Waals surface area contributed by atoms with Crippen LogP contribution in [0.15, 0.2) is 22.7 Å². The van der Waals surface area contributed by atoms with Crippen LogP contribution in [0.5, 0.6) is 5.75 Å². The molecule has 0 amide bonds. The predicted molar refractivity (Wildman–Crippen MR) is 69.8 cm³/mol. The summed E-state index contributed by atoms with van der Waals surface area (Å²) in [5, 5.41) is 0. The molecule has 1 aromatic carbocycles. The van der Waals surface area contributed by atoms with Crippen molar-refractivity contribution < 1.29 is 9.47 Å². The number of halogens is 1. The van der Waals surface area contributed by atoms with Gasteiger partial charge in [0.15, 0.2) is 0 Å². The van der Waals surface area contributed by atoms with Crippen molar-refractivity contribution >= 4 is 21.6 Å². The number of nitrogen functional groups attached to an aromatic ring is 1. The molecule has 0 unspecified atom stereocenters. The molecule has 0 saturated carbocycles. The van der Waals surface area contributed by atoms with E-state index in [4.69, 9.17) is 15.2 Å². The van der Waals surface area contributed by atoms with Crippen LogP contribution in [-0.2, 0) is 4.74 Å². The highest BCUT2D eigenvalue weighted by atomic mass is 79.9. The van der Waals surface area contributed by atoms with Gasteiger partial charge in [0, 0.05) is 16.2 Å². The lowest BCUT2D eigenvalue weighted by molar-refractivity contribution is -0.0163. The van der Waals surface area contributed by atoms with Gasteiger partial charge in [-0.25, -0.2) is 0 Å². The Labute approximate surface area is 105 Å². The smallest absolute Gasteiger partial charge is 0.122 e. The van der Waals surface area contributed by atoms with Crippen LogP contribution in [0.4, 0.5) is 5.69 Å². The average molecular weight is 288 g/mol. The summed E-state index contributed by atoms with van der Waals surface area (Å²) in [5.74, 6) is 0.754. The van der Waals surface area contributed by atoms with Gasteiger partial charge in [0.05, 0.1) is 12.2 Å². The fourth-order valence-electron chi connectivity index (χ4n) is 1.18. The van der Waals surface area contributed by atoms with Crippen LogP contribution in [0.1, 0.15) is 20.8 Å². The molecule has 0 atom stereocenters. The molecular weight excluding hydrogens is 270 g/mol. The summed E-state index contributed by atoms with van der Waals surface area (Å²) in [6, 6.07) is 5.51. The van der Waals surface area contributed by atoms with E-state index in [1.807, 2.05) is 32.9 Å². The third-order valence-corrected chi connectivity index (χ3v) is 2.24. The molecule has 0 saturated heterocycles. The van der Waals surface area contributed by atoms with Crippen molar-refractivity contribution in [2.45, 2.75) is 26.4 Å². The van der Waals surface area contributed by atoms with E-state index in [1.165, 1.54) is 0 Å². The second-order valence-corrected chi connectivity index (χ2v) is 5.45. The minimum absolute atomic E-state index is 0.125. The van der Waals surface area contributed by atoms with E-state index in [9.17, 15) is 0 Å². The Morgan fingerprint density at radius 3 is 2.44 bits per heavy atom. The molecule has 0 aliphatic heterocycles. The molecule has 0 radical (unpaired) electrons. The summed E-state index contributed by atoms with van der Waals surface area (Å²) in [6.07, 6.45) is 0. The molecule has 0 aliphatic carbocycles. The van der Waals surface area contributed by atoms with Crippen LogP contribution in [0.25, 0.3) is 0 Å². The number of ether oxygens (including phenoxy) is 2. The van der Waals surface area contributed by atoms with E-state index in [-0.39, 0.29) is 5.60 Å². The summed E-state index contributed by atoms with van der Waals surface area (Å²) in [4.78, 5) is 0. The molecule has 0 spiro atoms. The van der Waals surface area contributed by atoms with E-state index in [0.717, 1.165) is 10.2 Å². The molecular formula is C12H18BrNO2. The van der Waals surface area contributed by atoms with E-state index < -0.39 is 0 Å². The number of nitrogens with two attached hydrogens (primary N) is 1. The molecule has 0 aromatic heterocycles. The minimum atomic E-state index is -0.125. The third-order valence-electron chi connectivity index (χ3n) is 1.78. The molecule has 4 heteroatoms. The monoisotopic (exact) mass is 287 g/mol. The van der Waals surface area contributed by atoms with Crippen molar-refractivity contribution in [3.8, 4) is 5.75 Å². The van der Waals surface area contributed by atoms with Gasteiger partial charge >= 0.3 is 0 Å². The van der Waals surface area contributed by atoms with Crippen molar-refractivity contribution in [2.75, 3.05) is 18.9 Å². The van der Waals surface area contributed by atoms with Crippen LogP contribution in [0.2, 0.25) is 0 Å². The van der Waals surface area contributed by atoms with Crippen molar-refractivity contribution in [2.24, 2.45) is 0 Å². The number of benzene rings is 1.